The second-order valence-electron chi connectivity index (χ2n) is 4.89. The van der Waals surface area contributed by atoms with Crippen LogP contribution in [-0.4, -0.2) is 16.7 Å². The first-order valence-electron chi connectivity index (χ1n) is 6.93. The second-order valence-corrected chi connectivity index (χ2v) is 4.89. The largest absolute Gasteiger partial charge is 0.543 e. The summed E-state index contributed by atoms with van der Waals surface area (Å²) in [6.45, 7) is 1.35. The molecule has 0 spiro atoms. The monoisotopic (exact) mass is 325 g/mol. The van der Waals surface area contributed by atoms with Crippen molar-refractivity contribution in [2.24, 2.45) is 0 Å². The quantitative estimate of drug-likeness (QED) is 0.376. The van der Waals surface area contributed by atoms with E-state index in [1.165, 1.54) is 31.2 Å². The Morgan fingerprint density at radius 3 is 2.33 bits per heavy atom. The van der Waals surface area contributed by atoms with E-state index in [-0.39, 0.29) is 22.7 Å². The van der Waals surface area contributed by atoms with Crippen LogP contribution in [0.25, 0.3) is 6.08 Å². The van der Waals surface area contributed by atoms with E-state index in [2.05, 4.69) is 5.32 Å². The number of aliphatic carboxylic acids is 1. The number of rotatable bonds is 6. The Bertz CT molecular complexity index is 842. The van der Waals surface area contributed by atoms with Gasteiger partial charge in [0.25, 0.3) is 5.69 Å². The highest BCUT2D eigenvalue weighted by Gasteiger charge is 2.13. The molecule has 0 amide bonds. The molecule has 0 fully saturated rings. The number of para-hydroxylation sites is 2. The number of benzene rings is 2. The van der Waals surface area contributed by atoms with Crippen LogP contribution in [0.2, 0.25) is 0 Å². The van der Waals surface area contributed by atoms with Gasteiger partial charge in [-0.3, -0.25) is 14.9 Å². The molecule has 24 heavy (non-hydrogen) atoms. The number of ketones is 1. The third-order valence-corrected chi connectivity index (χ3v) is 3.23. The molecule has 0 aliphatic rings. The molecule has 122 valence electrons. The van der Waals surface area contributed by atoms with Gasteiger partial charge in [0.2, 0.25) is 0 Å². The minimum absolute atomic E-state index is 0.106. The van der Waals surface area contributed by atoms with Crippen molar-refractivity contribution in [3.63, 3.8) is 0 Å². The van der Waals surface area contributed by atoms with Crippen LogP contribution in [0.4, 0.5) is 11.4 Å². The lowest BCUT2D eigenvalue weighted by atomic mass is 10.1. The molecular weight excluding hydrogens is 312 g/mol. The van der Waals surface area contributed by atoms with E-state index in [4.69, 9.17) is 0 Å². The zero-order valence-corrected chi connectivity index (χ0v) is 12.7. The number of nitro benzene ring substituents is 1. The zero-order valence-electron chi connectivity index (χ0n) is 12.7. The molecule has 0 aliphatic carbocycles. The van der Waals surface area contributed by atoms with E-state index in [9.17, 15) is 24.8 Å². The number of nitrogens with one attached hydrogen (secondary N) is 1. The van der Waals surface area contributed by atoms with Gasteiger partial charge in [0.15, 0.2) is 5.78 Å². The summed E-state index contributed by atoms with van der Waals surface area (Å²) in [4.78, 5) is 33.4. The molecule has 0 heterocycles. The van der Waals surface area contributed by atoms with Crippen molar-refractivity contribution in [2.75, 3.05) is 5.32 Å². The first-order chi connectivity index (χ1) is 11.4. The molecular formula is C17H13N2O5-. The van der Waals surface area contributed by atoms with Gasteiger partial charge in [0.05, 0.1) is 22.2 Å². The highest BCUT2D eigenvalue weighted by Crippen LogP contribution is 2.23. The van der Waals surface area contributed by atoms with Gasteiger partial charge in [0.1, 0.15) is 0 Å². The third-order valence-electron chi connectivity index (χ3n) is 3.23. The normalized spacial score (nSPS) is 11.0. The molecule has 0 saturated carbocycles. The average molecular weight is 325 g/mol. The van der Waals surface area contributed by atoms with Crippen LogP contribution in [0, 0.1) is 10.1 Å². The molecule has 7 heteroatoms. The van der Waals surface area contributed by atoms with Crippen molar-refractivity contribution in [2.45, 2.75) is 6.92 Å². The molecule has 2 aromatic carbocycles. The van der Waals surface area contributed by atoms with Crippen LogP contribution in [0.1, 0.15) is 22.8 Å². The summed E-state index contributed by atoms with van der Waals surface area (Å²) in [5.41, 5.74) is 0.0525. The molecule has 0 atom stereocenters. The van der Waals surface area contributed by atoms with Gasteiger partial charge in [-0.05, 0) is 31.2 Å². The molecule has 7 nitrogen and oxygen atoms in total. The molecule has 0 bridgehead atoms. The summed E-state index contributed by atoms with van der Waals surface area (Å²) < 4.78 is 0. The summed E-state index contributed by atoms with van der Waals surface area (Å²) in [6, 6.07) is 12.1. The fraction of sp³-hybridized carbons (Fsp3) is 0.0588. The summed E-state index contributed by atoms with van der Waals surface area (Å²) in [5.74, 6) is -1.80. The molecule has 0 aliphatic heterocycles. The van der Waals surface area contributed by atoms with E-state index in [0.717, 1.165) is 6.08 Å². The van der Waals surface area contributed by atoms with E-state index in [1.807, 2.05) is 0 Å². The Kier molecular flexibility index (Phi) is 5.06. The number of carbonyl (C=O) groups excluding carboxylic acids is 2. The molecule has 0 aromatic heterocycles. The van der Waals surface area contributed by atoms with Gasteiger partial charge >= 0.3 is 0 Å². The molecule has 0 radical (unpaired) electrons. The minimum atomic E-state index is -1.55. The van der Waals surface area contributed by atoms with Crippen molar-refractivity contribution >= 4 is 29.2 Å². The lowest BCUT2D eigenvalue weighted by Crippen LogP contribution is -2.28. The van der Waals surface area contributed by atoms with Crippen LogP contribution < -0.4 is 10.4 Å². The lowest BCUT2D eigenvalue weighted by molar-refractivity contribution is -0.385. The van der Waals surface area contributed by atoms with Gasteiger partial charge in [0, 0.05) is 17.3 Å². The number of carboxylic acids is 1. The zero-order chi connectivity index (χ0) is 17.7. The van der Waals surface area contributed by atoms with Crippen molar-refractivity contribution in [3.8, 4) is 0 Å². The van der Waals surface area contributed by atoms with E-state index >= 15 is 0 Å². The van der Waals surface area contributed by atoms with Crippen molar-refractivity contribution in [3.05, 3.63) is 75.5 Å². The molecule has 2 rings (SSSR count). The Morgan fingerprint density at radius 1 is 1.08 bits per heavy atom. The number of carboxylic acid groups (broad SMARTS) is 1. The Morgan fingerprint density at radius 2 is 1.71 bits per heavy atom. The van der Waals surface area contributed by atoms with Crippen molar-refractivity contribution in [1.82, 2.24) is 0 Å². The Hall–Kier alpha value is -3.48. The lowest BCUT2D eigenvalue weighted by Gasteiger charge is -2.14. The number of nitrogens with zero attached hydrogens (tertiary/aromatic N) is 1. The Balaban J connectivity index is 2.47. The summed E-state index contributed by atoms with van der Waals surface area (Å²) in [5, 5.41) is 25.0. The maximum absolute atomic E-state index is 11.6. The van der Waals surface area contributed by atoms with Crippen LogP contribution in [0.3, 0.4) is 0 Å². The SMILES string of the molecule is CC(=O)c1ccccc1N/C(=C/c1ccccc1[N+](=O)[O-])C(=O)[O-]. The van der Waals surface area contributed by atoms with Gasteiger partial charge < -0.3 is 15.2 Å². The van der Waals surface area contributed by atoms with Gasteiger partial charge in [-0.2, -0.15) is 0 Å². The first-order valence-corrected chi connectivity index (χ1v) is 6.93. The number of carbonyl (C=O) groups is 2. The first kappa shape index (κ1) is 16.9. The smallest absolute Gasteiger partial charge is 0.276 e. The number of Topliss-reactive ketones (excluding diaryl/α,β-unsaturated/α-hetero) is 1. The van der Waals surface area contributed by atoms with E-state index < -0.39 is 16.6 Å². The van der Waals surface area contributed by atoms with Crippen LogP contribution in [0.15, 0.2) is 54.2 Å². The highest BCUT2D eigenvalue weighted by molar-refractivity contribution is 6.02. The summed E-state index contributed by atoms with van der Waals surface area (Å²) in [6.07, 6.45) is 1.10. The minimum Gasteiger partial charge on any atom is -0.543 e. The molecule has 0 saturated heterocycles. The topological polar surface area (TPSA) is 112 Å². The van der Waals surface area contributed by atoms with Crippen LogP contribution in [0.5, 0.6) is 0 Å². The fourth-order valence-corrected chi connectivity index (χ4v) is 2.12. The predicted octanol–water partition coefficient (Wildman–Crippen LogP) is 2.00. The number of anilines is 1. The third kappa shape index (κ3) is 3.83. The van der Waals surface area contributed by atoms with Gasteiger partial charge in [-0.1, -0.05) is 24.3 Å². The van der Waals surface area contributed by atoms with Gasteiger partial charge in [-0.15, -0.1) is 0 Å². The molecule has 0 unspecified atom stereocenters. The summed E-state index contributed by atoms with van der Waals surface area (Å²) in [7, 11) is 0. The average Bonchev–Trinajstić information content (AvgIpc) is 2.54. The molecule has 2 aromatic rings. The van der Waals surface area contributed by atoms with Crippen LogP contribution >= 0.6 is 0 Å². The van der Waals surface area contributed by atoms with E-state index in [0.29, 0.717) is 5.56 Å². The predicted molar refractivity (Wildman–Crippen MR) is 86.1 cm³/mol. The van der Waals surface area contributed by atoms with Gasteiger partial charge in [-0.25, -0.2) is 0 Å². The number of nitro groups is 1. The molecule has 1 N–H and O–H groups in total. The van der Waals surface area contributed by atoms with Crippen LogP contribution in [-0.2, 0) is 4.79 Å². The number of hydrogen-bond acceptors (Lipinski definition) is 6. The second kappa shape index (κ2) is 7.19. The van der Waals surface area contributed by atoms with Crippen molar-refractivity contribution in [1.29, 1.82) is 0 Å². The number of hydrogen-bond donors (Lipinski definition) is 1. The Labute approximate surface area is 137 Å². The van der Waals surface area contributed by atoms with E-state index in [1.54, 1.807) is 24.3 Å². The fourth-order valence-electron chi connectivity index (χ4n) is 2.12. The van der Waals surface area contributed by atoms with Crippen molar-refractivity contribution < 1.29 is 19.6 Å². The maximum Gasteiger partial charge on any atom is 0.276 e. The standard InChI is InChI=1S/C17H14N2O5/c1-11(20)13-7-3-4-8-14(13)18-15(17(21)22)10-12-6-2-5-9-16(12)19(23)24/h2-10,18H,1H3,(H,21,22)/p-1/b15-10+. The maximum atomic E-state index is 11.6. The summed E-state index contributed by atoms with van der Waals surface area (Å²) >= 11 is 0. The highest BCUT2D eigenvalue weighted by atomic mass is 16.6.